The van der Waals surface area contributed by atoms with Crippen molar-refractivity contribution in [1.82, 2.24) is 9.38 Å². The van der Waals surface area contributed by atoms with Crippen LogP contribution < -0.4 is 5.69 Å². The van der Waals surface area contributed by atoms with E-state index >= 15 is 0 Å². The zero-order valence-corrected chi connectivity index (χ0v) is 8.47. The summed E-state index contributed by atoms with van der Waals surface area (Å²) < 4.78 is 1.57. The maximum absolute atomic E-state index is 11.7. The lowest BCUT2D eigenvalue weighted by atomic mass is 10.1. The second kappa shape index (κ2) is 3.21. The molecule has 4 heteroatoms. The lowest BCUT2D eigenvalue weighted by Gasteiger charge is -2.03. The van der Waals surface area contributed by atoms with Crippen molar-refractivity contribution in [2.45, 2.75) is 6.61 Å². The van der Waals surface area contributed by atoms with Crippen molar-refractivity contribution in [2.24, 2.45) is 0 Å². The number of aliphatic hydroxyl groups is 1. The Balaban J connectivity index is 2.53. The number of hydrogen-bond donors (Lipinski definition) is 2. The summed E-state index contributed by atoms with van der Waals surface area (Å²) in [6.07, 6.45) is 1.73. The molecule has 0 fully saturated rings. The molecule has 2 aromatic heterocycles. The minimum atomic E-state index is -0.164. The molecule has 0 atom stereocenters. The molecule has 80 valence electrons. The first kappa shape index (κ1) is 9.18. The lowest BCUT2D eigenvalue weighted by Crippen LogP contribution is -2.15. The third-order valence-electron chi connectivity index (χ3n) is 2.75. The van der Waals surface area contributed by atoms with Crippen LogP contribution in [0.4, 0.5) is 0 Å². The smallest absolute Gasteiger partial charge is 0.330 e. The maximum atomic E-state index is 11.7. The first-order valence-electron chi connectivity index (χ1n) is 5.02. The molecule has 0 aliphatic carbocycles. The number of hydrogen-bond acceptors (Lipinski definition) is 2. The topological polar surface area (TPSA) is 57.5 Å². The summed E-state index contributed by atoms with van der Waals surface area (Å²) in [5.74, 6) is 0. The van der Waals surface area contributed by atoms with Gasteiger partial charge in [0.15, 0.2) is 0 Å². The van der Waals surface area contributed by atoms with Crippen LogP contribution in [0.15, 0.2) is 41.3 Å². The highest BCUT2D eigenvalue weighted by Gasteiger charge is 2.04. The molecule has 0 aliphatic rings. The second-order valence-electron chi connectivity index (χ2n) is 3.73. The van der Waals surface area contributed by atoms with Crippen LogP contribution in [-0.4, -0.2) is 14.5 Å². The van der Waals surface area contributed by atoms with Crippen LogP contribution in [0.25, 0.3) is 16.4 Å². The Hall–Kier alpha value is -2.07. The minimum Gasteiger partial charge on any atom is -0.392 e. The van der Waals surface area contributed by atoms with Crippen molar-refractivity contribution in [3.8, 4) is 0 Å². The molecule has 4 nitrogen and oxygen atoms in total. The van der Waals surface area contributed by atoms with Crippen molar-refractivity contribution >= 4 is 16.4 Å². The number of benzene rings is 1. The van der Waals surface area contributed by atoms with E-state index in [-0.39, 0.29) is 12.3 Å². The van der Waals surface area contributed by atoms with E-state index in [2.05, 4.69) is 4.98 Å². The van der Waals surface area contributed by atoms with Gasteiger partial charge >= 0.3 is 5.69 Å². The second-order valence-corrected chi connectivity index (χ2v) is 3.73. The van der Waals surface area contributed by atoms with Crippen molar-refractivity contribution < 1.29 is 5.11 Å². The summed E-state index contributed by atoms with van der Waals surface area (Å²) in [5, 5.41) is 10.0. The molecule has 0 saturated heterocycles. The summed E-state index contributed by atoms with van der Waals surface area (Å²) in [4.78, 5) is 14.5. The van der Waals surface area contributed by atoms with Gasteiger partial charge in [-0.2, -0.15) is 0 Å². The number of rotatable bonds is 1. The van der Waals surface area contributed by atoms with Gasteiger partial charge in [-0.05, 0) is 23.8 Å². The third kappa shape index (κ3) is 1.17. The zero-order chi connectivity index (χ0) is 11.1. The molecule has 0 aliphatic heterocycles. The molecule has 1 aromatic carbocycles. The van der Waals surface area contributed by atoms with Crippen LogP contribution in [0.1, 0.15) is 5.56 Å². The van der Waals surface area contributed by atoms with Crippen LogP contribution in [0.2, 0.25) is 0 Å². The Bertz CT molecular complexity index is 725. The molecule has 0 bridgehead atoms. The molecule has 16 heavy (non-hydrogen) atoms. The fourth-order valence-corrected chi connectivity index (χ4v) is 1.97. The van der Waals surface area contributed by atoms with E-state index in [4.69, 9.17) is 5.11 Å². The monoisotopic (exact) mass is 214 g/mol. The minimum absolute atomic E-state index is 0.0236. The molecule has 0 unspecified atom stereocenters. The first-order chi connectivity index (χ1) is 7.79. The fraction of sp³-hybridized carbons (Fsp3) is 0.0833. The number of aliphatic hydroxyl groups excluding tert-OH is 1. The van der Waals surface area contributed by atoms with Crippen LogP contribution in [0.5, 0.6) is 0 Å². The van der Waals surface area contributed by atoms with Crippen LogP contribution in [0, 0.1) is 0 Å². The summed E-state index contributed by atoms with van der Waals surface area (Å²) >= 11 is 0. The van der Waals surface area contributed by atoms with Gasteiger partial charge in [-0.15, -0.1) is 0 Å². The van der Waals surface area contributed by atoms with E-state index in [1.165, 1.54) is 0 Å². The highest BCUT2D eigenvalue weighted by Crippen LogP contribution is 2.18. The summed E-state index contributed by atoms with van der Waals surface area (Å²) in [6, 6.07) is 9.30. The number of nitrogens with one attached hydrogen (secondary N) is 1. The lowest BCUT2D eigenvalue weighted by molar-refractivity contribution is 0.282. The Morgan fingerprint density at radius 1 is 1.31 bits per heavy atom. The molecule has 0 saturated carbocycles. The molecule has 3 aromatic rings. The van der Waals surface area contributed by atoms with Crippen LogP contribution in [-0.2, 0) is 6.61 Å². The highest BCUT2D eigenvalue weighted by molar-refractivity contribution is 5.93. The molecular weight excluding hydrogens is 204 g/mol. The van der Waals surface area contributed by atoms with Gasteiger partial charge in [-0.1, -0.05) is 12.1 Å². The van der Waals surface area contributed by atoms with E-state index in [9.17, 15) is 4.79 Å². The Morgan fingerprint density at radius 2 is 2.19 bits per heavy atom. The van der Waals surface area contributed by atoms with Gasteiger partial charge in [0.25, 0.3) is 0 Å². The predicted molar refractivity (Wildman–Crippen MR) is 61.4 cm³/mol. The van der Waals surface area contributed by atoms with Crippen molar-refractivity contribution in [3.63, 3.8) is 0 Å². The Morgan fingerprint density at radius 3 is 3.00 bits per heavy atom. The molecule has 3 rings (SSSR count). The molecule has 0 spiro atoms. The van der Waals surface area contributed by atoms with E-state index in [0.29, 0.717) is 0 Å². The number of aromatic amines is 1. The van der Waals surface area contributed by atoms with Gasteiger partial charge < -0.3 is 10.1 Å². The predicted octanol–water partition coefficient (Wildman–Crippen LogP) is 1.27. The quantitative estimate of drug-likeness (QED) is 0.641. The zero-order valence-electron chi connectivity index (χ0n) is 8.47. The van der Waals surface area contributed by atoms with E-state index in [1.54, 1.807) is 16.7 Å². The van der Waals surface area contributed by atoms with Crippen molar-refractivity contribution in [1.29, 1.82) is 0 Å². The SMILES string of the molecule is O=c1[nH]c2cc(CO)ccc2c2cccn12. The largest absolute Gasteiger partial charge is 0.392 e. The number of aromatic nitrogens is 2. The van der Waals surface area contributed by atoms with Crippen molar-refractivity contribution in [3.05, 3.63) is 52.6 Å². The molecule has 2 N–H and O–H groups in total. The van der Waals surface area contributed by atoms with Gasteiger partial charge in [0.2, 0.25) is 0 Å². The Labute approximate surface area is 90.8 Å². The van der Waals surface area contributed by atoms with Crippen LogP contribution >= 0.6 is 0 Å². The highest BCUT2D eigenvalue weighted by atomic mass is 16.3. The van der Waals surface area contributed by atoms with Gasteiger partial charge in [-0.3, -0.25) is 4.40 Å². The summed E-state index contributed by atoms with van der Waals surface area (Å²) in [6.45, 7) is -0.0236. The van der Waals surface area contributed by atoms with Gasteiger partial charge in [-0.25, -0.2) is 4.79 Å². The molecule has 0 radical (unpaired) electrons. The standard InChI is InChI=1S/C12H10N2O2/c15-7-8-3-4-9-10(6-8)13-12(16)14-5-1-2-11(9)14/h1-6,15H,7H2,(H,13,16). The summed E-state index contributed by atoms with van der Waals surface area (Å²) in [7, 11) is 0. The number of H-pyrrole nitrogens is 1. The summed E-state index contributed by atoms with van der Waals surface area (Å²) in [5.41, 5.74) is 2.26. The Kier molecular flexibility index (Phi) is 1.84. The van der Waals surface area contributed by atoms with Gasteiger partial charge in [0.1, 0.15) is 0 Å². The maximum Gasteiger partial charge on any atom is 0.330 e. The van der Waals surface area contributed by atoms with E-state index in [0.717, 1.165) is 22.0 Å². The molecule has 0 amide bonds. The number of fused-ring (bicyclic) bond motifs is 3. The van der Waals surface area contributed by atoms with Crippen LogP contribution in [0.3, 0.4) is 0 Å². The van der Waals surface area contributed by atoms with Gasteiger partial charge in [0.05, 0.1) is 17.6 Å². The molecule has 2 heterocycles. The number of nitrogens with zero attached hydrogens (tertiary/aromatic N) is 1. The normalized spacial score (nSPS) is 11.3. The average molecular weight is 214 g/mol. The molecular formula is C12H10N2O2. The van der Waals surface area contributed by atoms with E-state index in [1.807, 2.05) is 24.3 Å². The van der Waals surface area contributed by atoms with E-state index < -0.39 is 0 Å². The van der Waals surface area contributed by atoms with Crippen molar-refractivity contribution in [2.75, 3.05) is 0 Å². The average Bonchev–Trinajstić information content (AvgIpc) is 2.78. The van der Waals surface area contributed by atoms with Gasteiger partial charge in [0, 0.05) is 11.6 Å². The fourth-order valence-electron chi connectivity index (χ4n) is 1.97. The third-order valence-corrected chi connectivity index (χ3v) is 2.75. The first-order valence-corrected chi connectivity index (χ1v) is 5.02.